The Labute approximate surface area is 138 Å². The van der Waals surface area contributed by atoms with Gasteiger partial charge in [0.25, 0.3) is 5.91 Å². The van der Waals surface area contributed by atoms with E-state index in [0.717, 1.165) is 28.2 Å². The average Bonchev–Trinajstić information content (AvgIpc) is 2.96. The zero-order valence-corrected chi connectivity index (χ0v) is 13.4. The number of hydrogen-bond acceptors (Lipinski definition) is 5. The van der Waals surface area contributed by atoms with Gasteiger partial charge in [0.1, 0.15) is 10.6 Å². The molecule has 0 saturated carbocycles. The summed E-state index contributed by atoms with van der Waals surface area (Å²) in [5.41, 5.74) is 10.3. The molecular formula is C17H16N4OS. The summed E-state index contributed by atoms with van der Waals surface area (Å²) in [4.78, 5) is 16.7. The second-order valence-corrected chi connectivity index (χ2v) is 5.95. The first kappa shape index (κ1) is 15.2. The molecular weight excluding hydrogens is 308 g/mol. The molecule has 3 aromatic rings. The number of aromatic nitrogens is 2. The SMILES string of the molecule is Cc1ccc(-c2nsc(C(=O)NCc3ccncc3)c2N)cc1. The van der Waals surface area contributed by atoms with E-state index in [9.17, 15) is 4.79 Å². The Hall–Kier alpha value is -2.73. The van der Waals surface area contributed by atoms with Gasteiger partial charge < -0.3 is 11.1 Å². The van der Waals surface area contributed by atoms with E-state index in [0.29, 0.717) is 22.8 Å². The average molecular weight is 324 g/mol. The molecule has 1 aromatic carbocycles. The minimum atomic E-state index is -0.213. The molecule has 0 saturated heterocycles. The number of nitrogen functional groups attached to an aromatic ring is 1. The molecule has 0 aliphatic rings. The van der Waals surface area contributed by atoms with Gasteiger partial charge in [-0.1, -0.05) is 29.8 Å². The molecule has 5 nitrogen and oxygen atoms in total. The largest absolute Gasteiger partial charge is 0.396 e. The van der Waals surface area contributed by atoms with E-state index in [1.54, 1.807) is 12.4 Å². The fourth-order valence-electron chi connectivity index (χ4n) is 2.14. The maximum absolute atomic E-state index is 12.3. The van der Waals surface area contributed by atoms with Crippen LogP contribution in [0.25, 0.3) is 11.3 Å². The van der Waals surface area contributed by atoms with Crippen molar-refractivity contribution < 1.29 is 4.79 Å². The summed E-state index contributed by atoms with van der Waals surface area (Å²) in [6.45, 7) is 2.45. The van der Waals surface area contributed by atoms with Crippen molar-refractivity contribution in [1.29, 1.82) is 0 Å². The molecule has 0 fully saturated rings. The predicted octanol–water partition coefficient (Wildman–Crippen LogP) is 3.03. The van der Waals surface area contributed by atoms with Crippen LogP contribution in [0.2, 0.25) is 0 Å². The molecule has 2 heterocycles. The molecule has 116 valence electrons. The zero-order chi connectivity index (χ0) is 16.2. The van der Waals surface area contributed by atoms with E-state index < -0.39 is 0 Å². The first-order valence-corrected chi connectivity index (χ1v) is 7.92. The maximum Gasteiger partial charge on any atom is 0.265 e. The Kier molecular flexibility index (Phi) is 4.34. The number of nitrogens with two attached hydrogens (primary N) is 1. The van der Waals surface area contributed by atoms with E-state index in [2.05, 4.69) is 14.7 Å². The summed E-state index contributed by atoms with van der Waals surface area (Å²) in [5.74, 6) is -0.213. The third-order valence-corrected chi connectivity index (χ3v) is 4.32. The summed E-state index contributed by atoms with van der Waals surface area (Å²) in [6, 6.07) is 11.6. The lowest BCUT2D eigenvalue weighted by atomic mass is 10.1. The van der Waals surface area contributed by atoms with Crippen LogP contribution in [0.1, 0.15) is 20.8 Å². The van der Waals surface area contributed by atoms with Crippen molar-refractivity contribution in [3.8, 4) is 11.3 Å². The standard InChI is InChI=1S/C17H16N4OS/c1-11-2-4-13(5-3-11)15-14(18)16(23-21-15)17(22)20-10-12-6-8-19-9-7-12/h2-9H,10,18H2,1H3,(H,20,22). The third-order valence-electron chi connectivity index (χ3n) is 3.46. The van der Waals surface area contributed by atoms with E-state index >= 15 is 0 Å². The molecule has 0 bridgehead atoms. The molecule has 0 unspecified atom stereocenters. The number of pyridine rings is 1. The fourth-order valence-corrected chi connectivity index (χ4v) is 2.88. The summed E-state index contributed by atoms with van der Waals surface area (Å²) in [5, 5.41) is 2.85. The lowest BCUT2D eigenvalue weighted by molar-refractivity contribution is 0.0956. The number of aryl methyl sites for hydroxylation is 1. The summed E-state index contributed by atoms with van der Waals surface area (Å²) in [7, 11) is 0. The second-order valence-electron chi connectivity index (χ2n) is 5.18. The van der Waals surface area contributed by atoms with E-state index in [1.807, 2.05) is 43.3 Å². The van der Waals surface area contributed by atoms with Crippen LogP contribution in [0.5, 0.6) is 0 Å². The minimum Gasteiger partial charge on any atom is -0.396 e. The molecule has 23 heavy (non-hydrogen) atoms. The van der Waals surface area contributed by atoms with Gasteiger partial charge in [-0.05, 0) is 36.2 Å². The van der Waals surface area contributed by atoms with Gasteiger partial charge in [-0.15, -0.1) is 0 Å². The zero-order valence-electron chi connectivity index (χ0n) is 12.6. The number of nitrogens with zero attached hydrogens (tertiary/aromatic N) is 2. The number of hydrogen-bond donors (Lipinski definition) is 2. The number of carbonyl (C=O) groups excluding carboxylic acids is 1. The van der Waals surface area contributed by atoms with Gasteiger partial charge in [-0.2, -0.15) is 4.37 Å². The highest BCUT2D eigenvalue weighted by Gasteiger charge is 2.18. The number of anilines is 1. The van der Waals surface area contributed by atoms with Crippen LogP contribution in [0.4, 0.5) is 5.69 Å². The number of nitrogens with one attached hydrogen (secondary N) is 1. The Morgan fingerprint density at radius 2 is 1.87 bits per heavy atom. The highest BCUT2D eigenvalue weighted by atomic mass is 32.1. The molecule has 2 aromatic heterocycles. The first-order chi connectivity index (χ1) is 11.1. The van der Waals surface area contributed by atoms with Crippen LogP contribution >= 0.6 is 11.5 Å². The summed E-state index contributed by atoms with van der Waals surface area (Å²) in [6.07, 6.45) is 3.39. The third kappa shape index (κ3) is 3.37. The van der Waals surface area contributed by atoms with E-state index in [1.165, 1.54) is 0 Å². The molecule has 3 rings (SSSR count). The summed E-state index contributed by atoms with van der Waals surface area (Å²) < 4.78 is 4.34. The van der Waals surface area contributed by atoms with E-state index in [-0.39, 0.29) is 5.91 Å². The quantitative estimate of drug-likeness (QED) is 0.773. The fraction of sp³-hybridized carbons (Fsp3) is 0.118. The Morgan fingerprint density at radius 1 is 1.17 bits per heavy atom. The van der Waals surface area contributed by atoms with Gasteiger partial charge in [-0.25, -0.2) is 0 Å². The van der Waals surface area contributed by atoms with Crippen molar-refractivity contribution in [3.05, 3.63) is 64.8 Å². The number of benzene rings is 1. The molecule has 3 N–H and O–H groups in total. The summed E-state index contributed by atoms with van der Waals surface area (Å²) >= 11 is 1.12. The maximum atomic E-state index is 12.3. The van der Waals surface area contributed by atoms with Crippen LogP contribution in [-0.4, -0.2) is 15.3 Å². The van der Waals surface area contributed by atoms with Crippen molar-refractivity contribution in [1.82, 2.24) is 14.7 Å². The topological polar surface area (TPSA) is 80.9 Å². The van der Waals surface area contributed by atoms with Crippen molar-refractivity contribution in [2.75, 3.05) is 5.73 Å². The smallest absolute Gasteiger partial charge is 0.265 e. The Balaban J connectivity index is 1.76. The monoisotopic (exact) mass is 324 g/mol. The van der Waals surface area contributed by atoms with Crippen LogP contribution < -0.4 is 11.1 Å². The first-order valence-electron chi connectivity index (χ1n) is 7.14. The lowest BCUT2D eigenvalue weighted by Gasteiger charge is -2.04. The number of amides is 1. The molecule has 6 heteroatoms. The van der Waals surface area contributed by atoms with Gasteiger partial charge in [0.2, 0.25) is 0 Å². The van der Waals surface area contributed by atoms with Gasteiger partial charge in [0, 0.05) is 24.5 Å². The number of rotatable bonds is 4. The normalized spacial score (nSPS) is 10.5. The Bertz CT molecular complexity index is 812. The van der Waals surface area contributed by atoms with Gasteiger partial charge >= 0.3 is 0 Å². The van der Waals surface area contributed by atoms with Crippen molar-refractivity contribution in [2.24, 2.45) is 0 Å². The molecule has 0 radical (unpaired) electrons. The lowest BCUT2D eigenvalue weighted by Crippen LogP contribution is -2.22. The van der Waals surface area contributed by atoms with E-state index in [4.69, 9.17) is 5.73 Å². The molecule has 0 aliphatic carbocycles. The molecule has 0 atom stereocenters. The van der Waals surface area contributed by atoms with Crippen LogP contribution in [0.3, 0.4) is 0 Å². The van der Waals surface area contributed by atoms with Crippen molar-refractivity contribution in [3.63, 3.8) is 0 Å². The number of carbonyl (C=O) groups is 1. The van der Waals surface area contributed by atoms with Crippen LogP contribution in [0, 0.1) is 6.92 Å². The molecule has 1 amide bonds. The van der Waals surface area contributed by atoms with Crippen molar-refractivity contribution in [2.45, 2.75) is 13.5 Å². The van der Waals surface area contributed by atoms with Gasteiger partial charge in [0.05, 0.1) is 5.69 Å². The highest BCUT2D eigenvalue weighted by Crippen LogP contribution is 2.30. The van der Waals surface area contributed by atoms with Crippen LogP contribution in [-0.2, 0) is 6.54 Å². The highest BCUT2D eigenvalue weighted by molar-refractivity contribution is 7.09. The van der Waals surface area contributed by atoms with Gasteiger partial charge in [-0.3, -0.25) is 9.78 Å². The Morgan fingerprint density at radius 3 is 2.57 bits per heavy atom. The molecule has 0 aliphatic heterocycles. The second kappa shape index (κ2) is 6.58. The van der Waals surface area contributed by atoms with Crippen molar-refractivity contribution >= 4 is 23.1 Å². The predicted molar refractivity (Wildman–Crippen MR) is 92.1 cm³/mol. The molecule has 0 spiro atoms. The van der Waals surface area contributed by atoms with Crippen LogP contribution in [0.15, 0.2) is 48.8 Å². The minimum absolute atomic E-state index is 0.213. The van der Waals surface area contributed by atoms with Gasteiger partial charge in [0.15, 0.2) is 0 Å².